The summed E-state index contributed by atoms with van der Waals surface area (Å²) in [6.45, 7) is 14.1. The number of nitrogen functional groups attached to an aromatic ring is 1. The number of aryl methyl sites for hydroxylation is 3. The summed E-state index contributed by atoms with van der Waals surface area (Å²) in [4.78, 5) is 172. The van der Waals surface area contributed by atoms with Gasteiger partial charge in [0.25, 0.3) is 0 Å². The molecule has 7 aliphatic rings. The van der Waals surface area contributed by atoms with Crippen molar-refractivity contribution >= 4 is 106 Å². The van der Waals surface area contributed by atoms with Gasteiger partial charge in [-0.1, -0.05) is 168 Å². The number of hydrogen-bond acceptors (Lipinski definition) is 27. The van der Waals surface area contributed by atoms with E-state index < -0.39 is 47.9 Å². The van der Waals surface area contributed by atoms with E-state index in [2.05, 4.69) is 47.4 Å². The fraction of sp³-hybridized carbons (Fsp3) is 0.364. The van der Waals surface area contributed by atoms with Crippen molar-refractivity contribution in [3.8, 4) is 5.75 Å². The molecule has 7 aliphatic heterocycles. The number of nitrogens with one attached hydrogen (secondary N) is 7. The van der Waals surface area contributed by atoms with Gasteiger partial charge in [-0.25, -0.2) is 33.6 Å². The number of anilines is 1. The van der Waals surface area contributed by atoms with Crippen molar-refractivity contribution in [1.29, 1.82) is 0 Å². The molecule has 34 heteroatoms. The number of hydrogen-bond donors (Lipinski definition) is 9. The average Bonchev–Trinajstić information content (AvgIpc) is 1.39. The maximum Gasteiger partial charge on any atom is 0.328 e. The first-order valence-corrected chi connectivity index (χ1v) is 43.5. The van der Waals surface area contributed by atoms with E-state index in [-0.39, 0.29) is 127 Å². The van der Waals surface area contributed by atoms with Gasteiger partial charge >= 0.3 is 47.8 Å². The van der Waals surface area contributed by atoms with Crippen molar-refractivity contribution in [1.82, 2.24) is 37.2 Å². The Morgan fingerprint density at radius 1 is 0.301 bits per heavy atom. The minimum absolute atomic E-state index is 0.141. The molecule has 7 atom stereocenters. The average molecular weight is 1830 g/mol. The summed E-state index contributed by atoms with van der Waals surface area (Å²) in [6.07, 6.45) is 5.71. The Labute approximate surface area is 769 Å². The Morgan fingerprint density at radius 2 is 0.496 bits per heavy atom. The van der Waals surface area contributed by atoms with Gasteiger partial charge in [0.2, 0.25) is 41.4 Å². The number of esters is 8. The molecular weight excluding hydrogens is 1710 g/mol. The topological polar surface area (TPSA) is 485 Å². The minimum atomic E-state index is -0.538. The van der Waals surface area contributed by atoms with Crippen LogP contribution in [0.2, 0.25) is 0 Å². The van der Waals surface area contributed by atoms with Crippen LogP contribution in [0.15, 0.2) is 210 Å². The van der Waals surface area contributed by atoms with Gasteiger partial charge in [0.1, 0.15) is 53.6 Å². The predicted octanol–water partition coefficient (Wildman–Crippen LogP) is 8.14. The lowest BCUT2D eigenvalue weighted by Gasteiger charge is -2.19. The van der Waals surface area contributed by atoms with Gasteiger partial charge in [0.05, 0.1) is 109 Å². The van der Waals surface area contributed by atoms with E-state index >= 15 is 0 Å². The van der Waals surface area contributed by atoms with Crippen molar-refractivity contribution < 1.29 is 115 Å². The molecule has 10 N–H and O–H groups in total. The Hall–Kier alpha value is -15.0. The van der Waals surface area contributed by atoms with Crippen LogP contribution in [0.3, 0.4) is 0 Å². The number of rotatable bonds is 25. The van der Waals surface area contributed by atoms with Crippen LogP contribution in [-0.4, -0.2) is 188 Å². The van der Waals surface area contributed by atoms with Crippen molar-refractivity contribution in [3.05, 3.63) is 261 Å². The van der Waals surface area contributed by atoms with Crippen LogP contribution in [-0.2, 0) is 161 Å². The van der Waals surface area contributed by atoms with E-state index in [0.29, 0.717) is 122 Å². The zero-order valence-corrected chi connectivity index (χ0v) is 75.0. The third-order valence-electron chi connectivity index (χ3n) is 20.5. The smallest absolute Gasteiger partial charge is 0.328 e. The van der Waals surface area contributed by atoms with Gasteiger partial charge in [-0.3, -0.25) is 38.4 Å². The molecule has 8 aromatic rings. The first kappa shape index (κ1) is 102. The highest BCUT2D eigenvalue weighted by atomic mass is 16.6. The van der Waals surface area contributed by atoms with E-state index in [1.165, 1.54) is 12.1 Å². The number of amides is 7. The number of phenols is 1. The van der Waals surface area contributed by atoms with Crippen LogP contribution in [0.1, 0.15) is 127 Å². The maximum atomic E-state index is 11.9. The second kappa shape index (κ2) is 52.0. The molecule has 0 saturated carbocycles. The summed E-state index contributed by atoms with van der Waals surface area (Å²) in [7, 11) is 0. The highest BCUT2D eigenvalue weighted by Crippen LogP contribution is 2.22. The number of nitrogens with zero attached hydrogens (tertiary/aromatic N) is 2. The van der Waals surface area contributed by atoms with Gasteiger partial charge in [0, 0.05) is 50.6 Å². The number of cyclic esters (lactones) is 7. The molecule has 133 heavy (non-hydrogen) atoms. The predicted molar refractivity (Wildman–Crippen MR) is 484 cm³/mol. The zero-order valence-electron chi connectivity index (χ0n) is 75.0. The molecule has 8 aromatic carbocycles. The third-order valence-corrected chi connectivity index (χ3v) is 20.5. The van der Waals surface area contributed by atoms with Crippen molar-refractivity contribution in [2.75, 3.05) is 52.0 Å². The van der Waals surface area contributed by atoms with E-state index in [1.807, 2.05) is 157 Å². The van der Waals surface area contributed by atoms with Gasteiger partial charge < -0.3 is 86.0 Å². The Morgan fingerprint density at radius 3 is 0.714 bits per heavy atom. The quantitative estimate of drug-likeness (QED) is 0.0113. The molecule has 34 nitrogen and oxygen atoms in total. The lowest BCUT2D eigenvalue weighted by molar-refractivity contribution is -0.154. The number of ether oxygens (including phenoxy) is 8. The fourth-order valence-corrected chi connectivity index (χ4v) is 13.4. The van der Waals surface area contributed by atoms with Crippen molar-refractivity contribution in [2.24, 2.45) is 10.2 Å². The fourth-order valence-electron chi connectivity index (χ4n) is 13.4. The molecule has 0 bridgehead atoms. The number of phenolic OH excluding ortho intramolecular Hbond substituents is 1. The van der Waals surface area contributed by atoms with E-state index in [9.17, 15) is 71.9 Å². The van der Waals surface area contributed by atoms with Gasteiger partial charge in [0.15, 0.2) is 0 Å². The van der Waals surface area contributed by atoms with Crippen LogP contribution in [0.4, 0.5) is 17.1 Å². The van der Waals surface area contributed by atoms with Crippen LogP contribution >= 0.6 is 0 Å². The highest BCUT2D eigenvalue weighted by Gasteiger charge is 2.34. The maximum absolute atomic E-state index is 11.9. The Kier molecular flexibility index (Phi) is 39.8. The number of azo groups is 1. The summed E-state index contributed by atoms with van der Waals surface area (Å²) in [5, 5.41) is 36.0. The Balaban J connectivity index is 0.000000175. The molecule has 7 saturated heterocycles. The first-order valence-electron chi connectivity index (χ1n) is 43.5. The number of benzene rings is 8. The molecule has 7 heterocycles. The van der Waals surface area contributed by atoms with Gasteiger partial charge in [-0.2, -0.15) is 10.2 Å². The first-order chi connectivity index (χ1) is 63.7. The molecule has 15 rings (SSSR count). The van der Waals surface area contributed by atoms with E-state index in [1.54, 1.807) is 72.8 Å². The van der Waals surface area contributed by atoms with Crippen LogP contribution in [0.25, 0.3) is 0 Å². The number of carbonyl (C=O) groups excluding carboxylic acids is 15. The molecule has 0 aliphatic carbocycles. The standard InChI is InChI=1S/C18H17N3O3.C18H23NO5.3C13H15NO3.C12H14N2O3.C12H13NO4/c22-17(19-16-10-11-24-18(16)23)12-13-6-8-15(9-7-13)21-20-14-4-2-1-3-5-14;1-18(2,3)24-16(21)11-13-6-4-12(5-7-13)10-15(20)19-14-8-9-23-17(14)22;3*1-9-2-4-10(5-3-9)8-12(15)14-11-6-7-17-13(11)16;13-9-3-1-8(2-4-9)7-11(15)14-10-5-6-17-12(10)16;14-9-3-1-8(2-4-9)7-11(15)13-10-5-6-17-12(10)16/h1-9,16H,10-12H2,(H,19,22);4-7,14H,8-11H2,1-3H3,(H,19,20);3*2-5,11H,6-8H2,1H3,(H,14,15);1-4,10H,5-7,13H2,(H,14,15);1-4,10,14H,5-7H2,(H,13,15)/t16-;14-;3*11-;2*10-/m1111111/s1. The third kappa shape index (κ3) is 37.6. The molecule has 7 fully saturated rings. The number of carbonyl (C=O) groups is 15. The summed E-state index contributed by atoms with van der Waals surface area (Å²) < 4.78 is 38.7. The zero-order chi connectivity index (χ0) is 95.8. The van der Waals surface area contributed by atoms with Crippen LogP contribution in [0, 0.1) is 20.8 Å². The van der Waals surface area contributed by atoms with Crippen LogP contribution in [0.5, 0.6) is 5.75 Å². The number of nitrogens with two attached hydrogens (primary N) is 1. The number of aromatic hydroxyl groups is 1. The largest absolute Gasteiger partial charge is 0.508 e. The lowest BCUT2D eigenvalue weighted by atomic mass is 10.1. The van der Waals surface area contributed by atoms with E-state index in [0.717, 1.165) is 66.9 Å². The van der Waals surface area contributed by atoms with Crippen LogP contribution < -0.4 is 43.0 Å². The minimum Gasteiger partial charge on any atom is -0.508 e. The summed E-state index contributed by atoms with van der Waals surface area (Å²) in [5.41, 5.74) is 17.6. The molecule has 7 amide bonds. The SMILES string of the molecule is CC(C)(C)OC(=O)Cc1ccc(CC(=O)N[C@@H]2CCOC2=O)cc1.Cc1ccc(CC(=O)N[C@@H]2CCOC2=O)cc1.Cc1ccc(CC(=O)N[C@@H]2CCOC2=O)cc1.Cc1ccc(CC(=O)N[C@@H]2CCOC2=O)cc1.Nc1ccc(CC(=O)N[C@@H]2CCOC2=O)cc1.O=C(Cc1ccc(N=Nc2ccccc2)cc1)N[C@@H]1CCOC1=O.O=C(Cc1ccc(O)cc1)N[C@@H]1CCOC1=O. The molecule has 0 radical (unpaired) electrons. The van der Waals surface area contributed by atoms with E-state index in [4.69, 9.17) is 48.7 Å². The second-order valence-electron chi connectivity index (χ2n) is 32.9. The second-order valence-corrected chi connectivity index (χ2v) is 32.9. The summed E-state index contributed by atoms with van der Waals surface area (Å²) in [6, 6.07) is 57.2. The molecule has 0 aromatic heterocycles. The summed E-state index contributed by atoms with van der Waals surface area (Å²) >= 11 is 0. The van der Waals surface area contributed by atoms with Crippen molar-refractivity contribution in [2.45, 2.75) is 186 Å². The summed E-state index contributed by atoms with van der Waals surface area (Å²) in [5.74, 6) is -3.83. The normalized spacial score (nSPS) is 18.2. The lowest BCUT2D eigenvalue weighted by Crippen LogP contribution is -2.38. The van der Waals surface area contributed by atoms with Gasteiger partial charge in [-0.15, -0.1) is 0 Å². The van der Waals surface area contributed by atoms with Gasteiger partial charge in [-0.05, 0) is 135 Å². The molecule has 0 unspecified atom stereocenters. The molecular formula is C99H112N10O24. The molecule has 702 valence electrons. The monoisotopic (exact) mass is 1820 g/mol. The Bertz CT molecular complexity index is 4840. The van der Waals surface area contributed by atoms with Crippen molar-refractivity contribution in [3.63, 3.8) is 0 Å². The molecule has 0 spiro atoms. The highest BCUT2D eigenvalue weighted by molar-refractivity contribution is 5.91.